The maximum absolute atomic E-state index is 11.7. The van der Waals surface area contributed by atoms with Crippen molar-refractivity contribution in [1.82, 2.24) is 10.1 Å². The summed E-state index contributed by atoms with van der Waals surface area (Å²) in [6.45, 7) is 20.2. The van der Waals surface area contributed by atoms with Crippen molar-refractivity contribution in [3.8, 4) is 0 Å². The van der Waals surface area contributed by atoms with Crippen LogP contribution in [0.1, 0.15) is 120 Å². The molecule has 0 saturated carbocycles. The maximum Gasteiger partial charge on any atom is 1.00 e. The van der Waals surface area contributed by atoms with Crippen LogP contribution in [-0.4, -0.2) is 64.2 Å². The molecule has 7 nitrogen and oxygen atoms in total. The van der Waals surface area contributed by atoms with Gasteiger partial charge in [-0.15, -0.1) is 0 Å². The summed E-state index contributed by atoms with van der Waals surface area (Å²) in [5, 5.41) is 25.9. The molecule has 0 spiro atoms. The molecule has 0 bridgehead atoms. The topological polar surface area (TPSA) is 101 Å². The van der Waals surface area contributed by atoms with Crippen LogP contribution in [0.2, 0.25) is 0 Å². The van der Waals surface area contributed by atoms with Gasteiger partial charge in [-0.25, -0.2) is 0 Å². The summed E-state index contributed by atoms with van der Waals surface area (Å²) in [6, 6.07) is 0. The molecule has 0 radical (unpaired) electrons. The number of ether oxygens (including phenoxy) is 2. The van der Waals surface area contributed by atoms with Gasteiger partial charge in [-0.05, 0) is 120 Å². The van der Waals surface area contributed by atoms with E-state index in [1.54, 1.807) is 0 Å². The standard InChI is InChI=1S/2C9H18NO.2C4H8O.3Na.H2O/c2*1-8(2)6-5-7-9(3,4)10(8)11;2*1-2-4-5-3-1;;;;/h2*5-7H2,1-4H3;2*1-4H2;;;;1H2/q2*-1;;;3*+1;/p-1. The first-order chi connectivity index (χ1) is 14.7. The van der Waals surface area contributed by atoms with Crippen LogP contribution in [0, 0.1) is 10.4 Å². The third-order valence-electron chi connectivity index (χ3n) is 7.01. The summed E-state index contributed by atoms with van der Waals surface area (Å²) >= 11 is 0. The Labute approximate surface area is 289 Å². The fraction of sp³-hybridized carbons (Fsp3) is 1.00. The largest absolute Gasteiger partial charge is 1.00 e. The second-order valence-electron chi connectivity index (χ2n) is 12.2. The van der Waals surface area contributed by atoms with Gasteiger partial charge in [0.25, 0.3) is 0 Å². The van der Waals surface area contributed by atoms with Crippen LogP contribution in [0.4, 0.5) is 0 Å². The van der Waals surface area contributed by atoms with Crippen LogP contribution in [0.5, 0.6) is 0 Å². The third-order valence-corrected chi connectivity index (χ3v) is 7.01. The maximum atomic E-state index is 11.7. The first-order valence-corrected chi connectivity index (χ1v) is 12.8. The molecule has 0 aromatic carbocycles. The SMILES string of the molecule is C1CCOC1.C1CCOC1.CC1(C)CCCC(C)(C)N1[O-].CC1(C)CCCC(C)(C)N1[O-].[Na+].[Na+].[Na+].[OH-]. The number of piperidine rings is 2. The van der Waals surface area contributed by atoms with E-state index in [-0.39, 0.29) is 116 Å². The molecule has 0 unspecified atom stereocenters. The van der Waals surface area contributed by atoms with Gasteiger partial charge in [0, 0.05) is 48.6 Å². The summed E-state index contributed by atoms with van der Waals surface area (Å²) in [4.78, 5) is 0. The Morgan fingerprint density at radius 3 is 0.750 bits per heavy atom. The molecule has 0 amide bonds. The quantitative estimate of drug-likeness (QED) is 0.312. The normalized spacial score (nSPS) is 25.2. The smallest absolute Gasteiger partial charge is 0.870 e. The van der Waals surface area contributed by atoms with Crippen molar-refractivity contribution in [3.63, 3.8) is 0 Å². The van der Waals surface area contributed by atoms with Crippen LogP contribution in [0.15, 0.2) is 0 Å². The molecular formula is C26H53N2Na3O5. The molecule has 200 valence electrons. The van der Waals surface area contributed by atoms with Crippen LogP contribution >= 0.6 is 0 Å². The number of rotatable bonds is 0. The van der Waals surface area contributed by atoms with E-state index in [0.29, 0.717) is 0 Å². The molecule has 0 aromatic heterocycles. The van der Waals surface area contributed by atoms with Crippen molar-refractivity contribution >= 4 is 0 Å². The summed E-state index contributed by atoms with van der Waals surface area (Å²) in [7, 11) is 0. The molecule has 4 saturated heterocycles. The average Bonchev–Trinajstić information content (AvgIpc) is 3.43. The van der Waals surface area contributed by atoms with Gasteiger partial charge in [0.1, 0.15) is 0 Å². The molecular weight excluding hydrogens is 489 g/mol. The van der Waals surface area contributed by atoms with Crippen LogP contribution < -0.4 is 88.7 Å². The van der Waals surface area contributed by atoms with E-state index in [1.807, 2.05) is 55.4 Å². The minimum absolute atomic E-state index is 0. The van der Waals surface area contributed by atoms with Crippen molar-refractivity contribution in [2.24, 2.45) is 0 Å². The van der Waals surface area contributed by atoms with Crippen LogP contribution in [-0.2, 0) is 9.47 Å². The van der Waals surface area contributed by atoms with Gasteiger partial charge >= 0.3 is 88.7 Å². The van der Waals surface area contributed by atoms with Gasteiger partial charge in [0.15, 0.2) is 0 Å². The Kier molecular flexibility index (Phi) is 27.2. The molecule has 0 aromatic rings. The van der Waals surface area contributed by atoms with Crippen molar-refractivity contribution in [3.05, 3.63) is 10.4 Å². The number of hydroxylamine groups is 4. The molecule has 4 heterocycles. The van der Waals surface area contributed by atoms with E-state index in [2.05, 4.69) is 0 Å². The second kappa shape index (κ2) is 21.4. The number of hydrogen-bond acceptors (Lipinski definition) is 7. The first-order valence-electron chi connectivity index (χ1n) is 12.8. The second-order valence-corrected chi connectivity index (χ2v) is 12.2. The summed E-state index contributed by atoms with van der Waals surface area (Å²) in [6.07, 6.45) is 11.6. The molecule has 10 heteroatoms. The molecule has 36 heavy (non-hydrogen) atoms. The molecule has 1 N–H and O–H groups in total. The first kappa shape index (κ1) is 45.7. The predicted molar refractivity (Wildman–Crippen MR) is 136 cm³/mol. The minimum Gasteiger partial charge on any atom is -0.870 e. The van der Waals surface area contributed by atoms with Crippen LogP contribution in [0.25, 0.3) is 0 Å². The summed E-state index contributed by atoms with van der Waals surface area (Å²) in [5.41, 5.74) is -0.604. The number of nitrogens with zero attached hydrogens (tertiary/aromatic N) is 2. The molecule has 4 aliphatic rings. The van der Waals surface area contributed by atoms with E-state index in [0.717, 1.165) is 52.1 Å². The summed E-state index contributed by atoms with van der Waals surface area (Å²) < 4.78 is 9.89. The van der Waals surface area contributed by atoms with Crippen molar-refractivity contribution in [2.75, 3.05) is 26.4 Å². The van der Waals surface area contributed by atoms with Gasteiger partial charge in [-0.3, -0.25) is 0 Å². The number of hydrogen-bond donors (Lipinski definition) is 0. The molecule has 0 atom stereocenters. The van der Waals surface area contributed by atoms with E-state index in [1.165, 1.54) is 48.7 Å². The molecule has 0 aliphatic carbocycles. The predicted octanol–water partition coefficient (Wildman–Crippen LogP) is -2.52. The molecule has 4 rings (SSSR count). The van der Waals surface area contributed by atoms with Crippen molar-refractivity contribution in [2.45, 2.75) is 142 Å². The van der Waals surface area contributed by atoms with E-state index in [4.69, 9.17) is 9.47 Å². The third kappa shape index (κ3) is 16.9. The van der Waals surface area contributed by atoms with Crippen molar-refractivity contribution in [1.29, 1.82) is 0 Å². The molecule has 4 fully saturated rings. The zero-order chi connectivity index (χ0) is 24.5. The monoisotopic (exact) mass is 542 g/mol. The average molecular weight is 543 g/mol. The Bertz CT molecular complexity index is 436. The van der Waals surface area contributed by atoms with Gasteiger partial charge < -0.3 is 35.5 Å². The molecule has 4 aliphatic heterocycles. The fourth-order valence-corrected chi connectivity index (χ4v) is 4.97. The summed E-state index contributed by atoms with van der Waals surface area (Å²) in [5.74, 6) is 0. The van der Waals surface area contributed by atoms with E-state index >= 15 is 0 Å². The van der Waals surface area contributed by atoms with Gasteiger partial charge in [-0.2, -0.15) is 0 Å². The minimum atomic E-state index is -0.151. The van der Waals surface area contributed by atoms with Gasteiger partial charge in [0.2, 0.25) is 0 Å². The van der Waals surface area contributed by atoms with E-state index in [9.17, 15) is 10.4 Å². The zero-order valence-corrected chi connectivity index (χ0v) is 31.9. The zero-order valence-electron chi connectivity index (χ0n) is 25.9. The fourth-order valence-electron chi connectivity index (χ4n) is 4.97. The van der Waals surface area contributed by atoms with Gasteiger partial charge in [-0.1, -0.05) is 0 Å². The van der Waals surface area contributed by atoms with Crippen LogP contribution in [0.3, 0.4) is 0 Å². The van der Waals surface area contributed by atoms with Gasteiger partial charge in [0.05, 0.1) is 0 Å². The van der Waals surface area contributed by atoms with E-state index < -0.39 is 0 Å². The Hall–Kier alpha value is 2.72. The Morgan fingerprint density at radius 2 is 0.639 bits per heavy atom. The Morgan fingerprint density at radius 1 is 0.444 bits per heavy atom. The Balaban J connectivity index is -0.000000192. The van der Waals surface area contributed by atoms with Crippen molar-refractivity contribution < 1.29 is 104 Å².